The summed E-state index contributed by atoms with van der Waals surface area (Å²) in [7, 11) is 0. The van der Waals surface area contributed by atoms with Gasteiger partial charge in [0.1, 0.15) is 5.82 Å². The third kappa shape index (κ3) is 3.79. The fourth-order valence-electron chi connectivity index (χ4n) is 2.63. The maximum Gasteiger partial charge on any atom is 0.273 e. The van der Waals surface area contributed by atoms with Crippen molar-refractivity contribution in [1.82, 2.24) is 15.4 Å². The highest BCUT2D eigenvalue weighted by Gasteiger charge is 2.18. The van der Waals surface area contributed by atoms with Crippen molar-refractivity contribution in [2.45, 2.75) is 19.3 Å². The molecule has 7 heteroatoms. The third-order valence-corrected chi connectivity index (χ3v) is 3.95. The Hall–Kier alpha value is -2.70. The van der Waals surface area contributed by atoms with Crippen LogP contribution in [0.15, 0.2) is 34.9 Å². The number of nitrogens with zero attached hydrogens (tertiary/aromatic N) is 2. The lowest BCUT2D eigenvalue weighted by atomic mass is 10.1. The summed E-state index contributed by atoms with van der Waals surface area (Å²) >= 11 is 0. The Bertz CT molecular complexity index is 721. The molecule has 0 spiro atoms. The van der Waals surface area contributed by atoms with Gasteiger partial charge in [0.05, 0.1) is 0 Å². The topological polar surface area (TPSA) is 75.4 Å². The molecule has 126 valence electrons. The van der Waals surface area contributed by atoms with Crippen LogP contribution in [0.1, 0.15) is 29.8 Å². The summed E-state index contributed by atoms with van der Waals surface area (Å²) in [6, 6.07) is 7.20. The number of amides is 2. The quantitative estimate of drug-likeness (QED) is 0.911. The van der Waals surface area contributed by atoms with E-state index in [1.807, 2.05) is 4.90 Å². The van der Waals surface area contributed by atoms with Crippen LogP contribution in [0, 0.1) is 5.82 Å². The second kappa shape index (κ2) is 7.25. The van der Waals surface area contributed by atoms with E-state index in [0.29, 0.717) is 11.3 Å². The van der Waals surface area contributed by atoms with Crippen molar-refractivity contribution in [3.05, 3.63) is 41.8 Å². The van der Waals surface area contributed by atoms with E-state index in [1.54, 1.807) is 12.1 Å². The van der Waals surface area contributed by atoms with Crippen LogP contribution in [0.2, 0.25) is 0 Å². The monoisotopic (exact) mass is 331 g/mol. The van der Waals surface area contributed by atoms with Crippen molar-refractivity contribution in [2.24, 2.45) is 0 Å². The van der Waals surface area contributed by atoms with E-state index in [9.17, 15) is 14.0 Å². The highest BCUT2D eigenvalue weighted by molar-refractivity contribution is 5.93. The van der Waals surface area contributed by atoms with E-state index < -0.39 is 5.91 Å². The van der Waals surface area contributed by atoms with Gasteiger partial charge in [-0.2, -0.15) is 0 Å². The number of likely N-dealkylation sites (tertiary alicyclic amines) is 1. The maximum absolute atomic E-state index is 12.9. The molecule has 1 N–H and O–H groups in total. The molecule has 6 nitrogen and oxygen atoms in total. The molecule has 2 aromatic rings. The molecular formula is C17H18FN3O3. The van der Waals surface area contributed by atoms with Crippen LogP contribution in [-0.4, -0.2) is 41.5 Å². The maximum atomic E-state index is 12.9. The van der Waals surface area contributed by atoms with E-state index in [4.69, 9.17) is 4.52 Å². The van der Waals surface area contributed by atoms with Crippen LogP contribution < -0.4 is 5.32 Å². The number of carbonyl (C=O) groups is 2. The van der Waals surface area contributed by atoms with Crippen LogP contribution in [0.3, 0.4) is 0 Å². The molecule has 1 aliphatic heterocycles. The van der Waals surface area contributed by atoms with Crippen molar-refractivity contribution >= 4 is 11.8 Å². The summed E-state index contributed by atoms with van der Waals surface area (Å²) in [5, 5.41) is 6.37. The van der Waals surface area contributed by atoms with Gasteiger partial charge in [-0.3, -0.25) is 9.59 Å². The lowest BCUT2D eigenvalue weighted by Gasteiger charge is -2.14. The molecule has 2 heterocycles. The Kier molecular flexibility index (Phi) is 4.88. The molecular weight excluding hydrogens is 313 g/mol. The molecule has 2 amide bonds. The highest BCUT2D eigenvalue weighted by Crippen LogP contribution is 2.20. The second-order valence-corrected chi connectivity index (χ2v) is 5.68. The van der Waals surface area contributed by atoms with Gasteiger partial charge in [-0.1, -0.05) is 5.16 Å². The number of benzene rings is 1. The second-order valence-electron chi connectivity index (χ2n) is 5.68. The minimum atomic E-state index is -0.402. The highest BCUT2D eigenvalue weighted by atomic mass is 19.1. The fourth-order valence-corrected chi connectivity index (χ4v) is 2.63. The first-order valence-electron chi connectivity index (χ1n) is 7.92. The Morgan fingerprint density at radius 1 is 1.21 bits per heavy atom. The molecule has 3 rings (SSSR count). The van der Waals surface area contributed by atoms with Crippen molar-refractivity contribution in [1.29, 1.82) is 0 Å². The molecule has 0 radical (unpaired) electrons. The number of aromatic nitrogens is 1. The van der Waals surface area contributed by atoms with Gasteiger partial charge in [-0.05, 0) is 37.1 Å². The SMILES string of the molecule is O=C(NCCC(=O)N1CCCC1)c1cc(-c2ccc(F)cc2)on1. The van der Waals surface area contributed by atoms with Gasteiger partial charge >= 0.3 is 0 Å². The molecule has 1 aromatic carbocycles. The number of hydrogen-bond donors (Lipinski definition) is 1. The summed E-state index contributed by atoms with van der Waals surface area (Å²) in [5.41, 5.74) is 0.759. The average molecular weight is 331 g/mol. The Morgan fingerprint density at radius 3 is 2.62 bits per heavy atom. The zero-order chi connectivity index (χ0) is 16.9. The molecule has 0 aliphatic carbocycles. The molecule has 1 saturated heterocycles. The van der Waals surface area contributed by atoms with Gasteiger partial charge in [0.25, 0.3) is 5.91 Å². The van der Waals surface area contributed by atoms with Crippen LogP contribution in [0.4, 0.5) is 4.39 Å². The standard InChI is InChI=1S/C17H18FN3O3/c18-13-5-3-12(4-6-13)15-11-14(20-24-15)17(23)19-8-7-16(22)21-9-1-2-10-21/h3-6,11H,1-2,7-10H2,(H,19,23). The van der Waals surface area contributed by atoms with E-state index in [1.165, 1.54) is 18.2 Å². The lowest BCUT2D eigenvalue weighted by Crippen LogP contribution is -2.32. The molecule has 1 aliphatic rings. The van der Waals surface area contributed by atoms with Crippen molar-refractivity contribution < 1.29 is 18.5 Å². The van der Waals surface area contributed by atoms with E-state index >= 15 is 0 Å². The van der Waals surface area contributed by atoms with Crippen LogP contribution in [0.5, 0.6) is 0 Å². The number of hydrogen-bond acceptors (Lipinski definition) is 4. The minimum Gasteiger partial charge on any atom is -0.355 e. The third-order valence-electron chi connectivity index (χ3n) is 3.95. The summed E-state index contributed by atoms with van der Waals surface area (Å²) in [6.07, 6.45) is 2.36. The molecule has 0 atom stereocenters. The minimum absolute atomic E-state index is 0.0555. The Morgan fingerprint density at radius 2 is 1.92 bits per heavy atom. The number of rotatable bonds is 5. The first-order chi connectivity index (χ1) is 11.6. The summed E-state index contributed by atoms with van der Waals surface area (Å²) in [4.78, 5) is 25.7. The molecule has 0 saturated carbocycles. The fraction of sp³-hybridized carbons (Fsp3) is 0.353. The van der Waals surface area contributed by atoms with Gasteiger partial charge in [-0.25, -0.2) is 4.39 Å². The summed E-state index contributed by atoms with van der Waals surface area (Å²) < 4.78 is 18.0. The molecule has 24 heavy (non-hydrogen) atoms. The number of nitrogens with one attached hydrogen (secondary N) is 1. The van der Waals surface area contributed by atoms with Gasteiger partial charge in [-0.15, -0.1) is 0 Å². The predicted octanol–water partition coefficient (Wildman–Crippen LogP) is 2.22. The summed E-state index contributed by atoms with van der Waals surface area (Å²) in [5.74, 6) is -0.312. The summed E-state index contributed by atoms with van der Waals surface area (Å²) in [6.45, 7) is 1.86. The normalized spacial score (nSPS) is 14.0. The average Bonchev–Trinajstić information content (AvgIpc) is 3.27. The molecule has 1 aromatic heterocycles. The van der Waals surface area contributed by atoms with E-state index in [0.717, 1.165) is 25.9 Å². The zero-order valence-corrected chi connectivity index (χ0v) is 13.1. The first kappa shape index (κ1) is 16.2. The van der Waals surface area contributed by atoms with Gasteiger partial charge in [0, 0.05) is 37.7 Å². The van der Waals surface area contributed by atoms with E-state index in [-0.39, 0.29) is 30.4 Å². The molecule has 0 bridgehead atoms. The van der Waals surface area contributed by atoms with Crippen molar-refractivity contribution in [3.63, 3.8) is 0 Å². The van der Waals surface area contributed by atoms with E-state index in [2.05, 4.69) is 10.5 Å². The van der Waals surface area contributed by atoms with Crippen LogP contribution in [0.25, 0.3) is 11.3 Å². The van der Waals surface area contributed by atoms with Gasteiger partial charge in [0.2, 0.25) is 5.91 Å². The lowest BCUT2D eigenvalue weighted by molar-refractivity contribution is -0.129. The Balaban J connectivity index is 1.52. The van der Waals surface area contributed by atoms with Gasteiger partial charge < -0.3 is 14.7 Å². The van der Waals surface area contributed by atoms with Crippen LogP contribution in [-0.2, 0) is 4.79 Å². The van der Waals surface area contributed by atoms with Crippen molar-refractivity contribution in [3.8, 4) is 11.3 Å². The predicted molar refractivity (Wildman–Crippen MR) is 84.7 cm³/mol. The van der Waals surface area contributed by atoms with Crippen molar-refractivity contribution in [2.75, 3.05) is 19.6 Å². The molecule has 1 fully saturated rings. The number of halogens is 1. The first-order valence-corrected chi connectivity index (χ1v) is 7.92. The van der Waals surface area contributed by atoms with Gasteiger partial charge in [0.15, 0.2) is 11.5 Å². The molecule has 0 unspecified atom stereocenters. The largest absolute Gasteiger partial charge is 0.355 e. The smallest absolute Gasteiger partial charge is 0.273 e. The van der Waals surface area contributed by atoms with Crippen LogP contribution >= 0.6 is 0 Å². The number of carbonyl (C=O) groups excluding carboxylic acids is 2. The zero-order valence-electron chi connectivity index (χ0n) is 13.1. The Labute approximate surface area is 138 Å².